The summed E-state index contributed by atoms with van der Waals surface area (Å²) in [4.78, 5) is 11.8. The van der Waals surface area contributed by atoms with E-state index in [9.17, 15) is 4.79 Å². The molecule has 0 heterocycles. The third-order valence-corrected chi connectivity index (χ3v) is 3.63. The highest BCUT2D eigenvalue weighted by Gasteiger charge is 2.03. The summed E-state index contributed by atoms with van der Waals surface area (Å²) in [5, 5.41) is 6.54. The van der Waals surface area contributed by atoms with Crippen molar-refractivity contribution in [2.45, 2.75) is 6.92 Å². The lowest BCUT2D eigenvalue weighted by Gasteiger charge is -2.09. The van der Waals surface area contributed by atoms with Crippen LogP contribution < -0.4 is 10.6 Å². The molecule has 0 aliphatic carbocycles. The van der Waals surface area contributed by atoms with Gasteiger partial charge in [0.25, 0.3) is 0 Å². The molecule has 0 spiro atoms. The van der Waals surface area contributed by atoms with Crippen molar-refractivity contribution in [3.05, 3.63) is 57.5 Å². The first-order chi connectivity index (χ1) is 9.54. The van der Waals surface area contributed by atoms with Crippen molar-refractivity contribution in [1.82, 2.24) is 0 Å². The molecule has 0 aromatic heterocycles. The lowest BCUT2D eigenvalue weighted by molar-refractivity contribution is -0.114. The molecule has 3 nitrogen and oxygen atoms in total. The molecule has 0 fully saturated rings. The fraction of sp³-hybridized carbons (Fsp3) is 0.133. The molecule has 5 heteroatoms. The average Bonchev–Trinajstić information content (AvgIpc) is 2.40. The summed E-state index contributed by atoms with van der Waals surface area (Å²) in [6, 6.07) is 13.1. The van der Waals surface area contributed by atoms with Gasteiger partial charge in [0.05, 0.1) is 6.54 Å². The van der Waals surface area contributed by atoms with Gasteiger partial charge in [-0.2, -0.15) is 0 Å². The van der Waals surface area contributed by atoms with Crippen molar-refractivity contribution < 1.29 is 4.79 Å². The number of anilines is 2. The van der Waals surface area contributed by atoms with Gasteiger partial charge in [-0.3, -0.25) is 4.79 Å². The monoisotopic (exact) mass is 352 g/mol. The third-order valence-electron chi connectivity index (χ3n) is 2.73. The van der Waals surface area contributed by atoms with Crippen molar-refractivity contribution in [3.8, 4) is 0 Å². The fourth-order valence-electron chi connectivity index (χ4n) is 1.66. The second-order valence-electron chi connectivity index (χ2n) is 4.38. The van der Waals surface area contributed by atoms with Crippen LogP contribution in [-0.4, -0.2) is 12.5 Å². The number of aryl methyl sites for hydroxylation is 1. The minimum absolute atomic E-state index is 0.111. The molecule has 2 aromatic rings. The van der Waals surface area contributed by atoms with Crippen LogP contribution in [0.5, 0.6) is 0 Å². The maximum atomic E-state index is 11.8. The molecule has 0 radical (unpaired) electrons. The van der Waals surface area contributed by atoms with Crippen LogP contribution in [0.3, 0.4) is 0 Å². The molecular formula is C15H14BrClN2O. The number of hydrogen-bond donors (Lipinski definition) is 2. The summed E-state index contributed by atoms with van der Waals surface area (Å²) >= 11 is 9.39. The van der Waals surface area contributed by atoms with E-state index in [0.717, 1.165) is 21.4 Å². The van der Waals surface area contributed by atoms with Crippen LogP contribution in [0.1, 0.15) is 5.56 Å². The van der Waals surface area contributed by atoms with Crippen molar-refractivity contribution in [3.63, 3.8) is 0 Å². The lowest BCUT2D eigenvalue weighted by atomic mass is 10.2. The van der Waals surface area contributed by atoms with Crippen molar-refractivity contribution in [2.75, 3.05) is 17.2 Å². The molecule has 2 rings (SSSR count). The number of halogens is 2. The number of carbonyl (C=O) groups excluding carboxylic acids is 1. The highest BCUT2D eigenvalue weighted by molar-refractivity contribution is 9.10. The van der Waals surface area contributed by atoms with Crippen LogP contribution in [0.15, 0.2) is 46.9 Å². The third kappa shape index (κ3) is 4.25. The lowest BCUT2D eigenvalue weighted by Crippen LogP contribution is -2.21. The van der Waals surface area contributed by atoms with Gasteiger partial charge in [-0.15, -0.1) is 0 Å². The van der Waals surface area contributed by atoms with Gasteiger partial charge in [-0.1, -0.05) is 39.7 Å². The molecule has 0 saturated carbocycles. The van der Waals surface area contributed by atoms with E-state index in [4.69, 9.17) is 11.6 Å². The molecule has 0 aliphatic heterocycles. The van der Waals surface area contributed by atoms with E-state index in [1.807, 2.05) is 49.4 Å². The molecular weight excluding hydrogens is 340 g/mol. The predicted molar refractivity (Wildman–Crippen MR) is 87.5 cm³/mol. The van der Waals surface area contributed by atoms with E-state index in [-0.39, 0.29) is 12.5 Å². The molecule has 2 aromatic carbocycles. The van der Waals surface area contributed by atoms with Crippen molar-refractivity contribution in [2.24, 2.45) is 0 Å². The van der Waals surface area contributed by atoms with Gasteiger partial charge in [0.15, 0.2) is 0 Å². The van der Waals surface area contributed by atoms with Crippen LogP contribution in [0, 0.1) is 6.92 Å². The predicted octanol–water partition coefficient (Wildman–Crippen LogP) is 4.46. The Morgan fingerprint density at radius 1 is 1.20 bits per heavy atom. The zero-order chi connectivity index (χ0) is 14.5. The maximum Gasteiger partial charge on any atom is 0.243 e. The van der Waals surface area contributed by atoms with Gasteiger partial charge in [0, 0.05) is 20.9 Å². The van der Waals surface area contributed by atoms with Gasteiger partial charge in [0.2, 0.25) is 5.91 Å². The summed E-state index contributed by atoms with van der Waals surface area (Å²) in [6.07, 6.45) is 0. The Bertz CT molecular complexity index is 631. The zero-order valence-electron chi connectivity index (χ0n) is 10.9. The smallest absolute Gasteiger partial charge is 0.243 e. The number of carbonyl (C=O) groups is 1. The number of hydrogen-bond acceptors (Lipinski definition) is 2. The molecule has 1 amide bonds. The Balaban J connectivity index is 1.90. The van der Waals surface area contributed by atoms with Crippen LogP contribution >= 0.6 is 27.5 Å². The number of amides is 1. The summed E-state index contributed by atoms with van der Waals surface area (Å²) < 4.78 is 0.925. The summed E-state index contributed by atoms with van der Waals surface area (Å²) in [5.74, 6) is -0.111. The Morgan fingerprint density at radius 2 is 2.00 bits per heavy atom. The molecule has 20 heavy (non-hydrogen) atoms. The maximum absolute atomic E-state index is 11.8. The van der Waals surface area contributed by atoms with E-state index in [2.05, 4.69) is 26.6 Å². The Morgan fingerprint density at radius 3 is 2.70 bits per heavy atom. The number of rotatable bonds is 4. The topological polar surface area (TPSA) is 41.1 Å². The van der Waals surface area contributed by atoms with Gasteiger partial charge in [0.1, 0.15) is 0 Å². The fourth-order valence-corrected chi connectivity index (χ4v) is 2.24. The van der Waals surface area contributed by atoms with Crippen molar-refractivity contribution >= 4 is 44.8 Å². The van der Waals surface area contributed by atoms with Gasteiger partial charge < -0.3 is 10.6 Å². The Labute approximate surface area is 131 Å². The first-order valence-corrected chi connectivity index (χ1v) is 7.27. The molecule has 0 bridgehead atoms. The molecule has 104 valence electrons. The Kier molecular flexibility index (Phi) is 5.04. The average molecular weight is 354 g/mol. The van der Waals surface area contributed by atoms with Gasteiger partial charge >= 0.3 is 0 Å². The summed E-state index contributed by atoms with van der Waals surface area (Å²) in [6.45, 7) is 2.12. The van der Waals surface area contributed by atoms with E-state index in [1.165, 1.54) is 0 Å². The number of nitrogens with one attached hydrogen (secondary N) is 2. The largest absolute Gasteiger partial charge is 0.376 e. The Hall–Kier alpha value is -1.52. The second-order valence-corrected chi connectivity index (χ2v) is 5.70. The van der Waals surface area contributed by atoms with Gasteiger partial charge in [-0.25, -0.2) is 0 Å². The SMILES string of the molecule is Cc1ccc(NCC(=O)Nc2cccc(Br)c2)cc1Cl. The molecule has 0 aliphatic rings. The molecule has 2 N–H and O–H groups in total. The highest BCUT2D eigenvalue weighted by Crippen LogP contribution is 2.20. The normalized spacial score (nSPS) is 10.2. The summed E-state index contributed by atoms with van der Waals surface area (Å²) in [5.41, 5.74) is 2.59. The second kappa shape index (κ2) is 6.77. The van der Waals surface area contributed by atoms with E-state index in [1.54, 1.807) is 0 Å². The van der Waals surface area contributed by atoms with E-state index >= 15 is 0 Å². The molecule has 0 unspecified atom stereocenters. The zero-order valence-corrected chi connectivity index (χ0v) is 13.3. The number of benzene rings is 2. The van der Waals surface area contributed by atoms with E-state index < -0.39 is 0 Å². The summed E-state index contributed by atoms with van der Waals surface area (Å²) in [7, 11) is 0. The quantitative estimate of drug-likeness (QED) is 0.852. The minimum Gasteiger partial charge on any atom is -0.376 e. The van der Waals surface area contributed by atoms with E-state index in [0.29, 0.717) is 5.02 Å². The van der Waals surface area contributed by atoms with Gasteiger partial charge in [-0.05, 0) is 42.8 Å². The van der Waals surface area contributed by atoms with Crippen LogP contribution in [-0.2, 0) is 4.79 Å². The highest BCUT2D eigenvalue weighted by atomic mass is 79.9. The first-order valence-electron chi connectivity index (χ1n) is 6.10. The van der Waals surface area contributed by atoms with Crippen LogP contribution in [0.25, 0.3) is 0 Å². The molecule has 0 atom stereocenters. The van der Waals surface area contributed by atoms with Crippen molar-refractivity contribution in [1.29, 1.82) is 0 Å². The first kappa shape index (κ1) is 14.9. The minimum atomic E-state index is -0.111. The molecule has 0 saturated heterocycles. The standard InChI is InChI=1S/C15H14BrClN2O/c1-10-5-6-12(8-14(10)17)18-9-15(20)19-13-4-2-3-11(16)7-13/h2-8,18H,9H2,1H3,(H,19,20). The van der Waals surface area contributed by atoms with Crippen LogP contribution in [0.2, 0.25) is 5.02 Å². The van der Waals surface area contributed by atoms with Crippen LogP contribution in [0.4, 0.5) is 11.4 Å².